The largest absolute Gasteiger partial charge is 0.490 e. The van der Waals surface area contributed by atoms with Gasteiger partial charge in [0.1, 0.15) is 29.9 Å². The molecule has 0 bridgehead atoms. The van der Waals surface area contributed by atoms with Crippen molar-refractivity contribution in [3.8, 4) is 5.75 Å². The van der Waals surface area contributed by atoms with E-state index in [1.165, 1.54) is 13.8 Å². The Morgan fingerprint density at radius 2 is 1.80 bits per heavy atom. The third kappa shape index (κ3) is 5.30. The molecule has 20 heavy (non-hydrogen) atoms. The van der Waals surface area contributed by atoms with Gasteiger partial charge in [-0.2, -0.15) is 0 Å². The molecule has 6 heteroatoms. The van der Waals surface area contributed by atoms with Gasteiger partial charge in [-0.15, -0.1) is 0 Å². The van der Waals surface area contributed by atoms with Gasteiger partial charge in [0.2, 0.25) is 0 Å². The van der Waals surface area contributed by atoms with Gasteiger partial charge >= 0.3 is 5.97 Å². The lowest BCUT2D eigenvalue weighted by molar-refractivity contribution is -0.141. The molecule has 0 fully saturated rings. The number of alkyl halides is 1. The lowest BCUT2D eigenvalue weighted by atomic mass is 9.97. The van der Waals surface area contributed by atoms with Crippen molar-refractivity contribution >= 4 is 27.7 Å². The van der Waals surface area contributed by atoms with Gasteiger partial charge in [0.05, 0.1) is 0 Å². The third-order valence-electron chi connectivity index (χ3n) is 2.40. The van der Waals surface area contributed by atoms with Crippen molar-refractivity contribution in [2.24, 2.45) is 0 Å². The molecule has 0 heterocycles. The van der Waals surface area contributed by atoms with E-state index in [0.717, 1.165) is 0 Å². The number of halogens is 1. The van der Waals surface area contributed by atoms with Crippen molar-refractivity contribution in [3.05, 3.63) is 29.8 Å². The molecule has 0 aliphatic carbocycles. The van der Waals surface area contributed by atoms with Crippen LogP contribution in [-0.2, 0) is 9.53 Å². The first kappa shape index (κ1) is 16.7. The van der Waals surface area contributed by atoms with Gasteiger partial charge in [0.25, 0.3) is 0 Å². The summed E-state index contributed by atoms with van der Waals surface area (Å²) in [5, 5.41) is 9.78. The number of rotatable bonds is 7. The van der Waals surface area contributed by atoms with Crippen molar-refractivity contribution in [3.63, 3.8) is 0 Å². The van der Waals surface area contributed by atoms with Crippen molar-refractivity contribution in [1.82, 2.24) is 0 Å². The van der Waals surface area contributed by atoms with Crippen LogP contribution < -0.4 is 4.74 Å². The van der Waals surface area contributed by atoms with Crippen LogP contribution in [0.1, 0.15) is 24.2 Å². The minimum atomic E-state index is -1.40. The Labute approximate surface area is 126 Å². The minimum absolute atomic E-state index is 0.154. The minimum Gasteiger partial charge on any atom is -0.490 e. The molecule has 0 radical (unpaired) electrons. The summed E-state index contributed by atoms with van der Waals surface area (Å²) in [6, 6.07) is 6.43. The highest BCUT2D eigenvalue weighted by atomic mass is 79.9. The standard InChI is InChI=1S/C14H17BrO5/c1-14(2,18)13(17)10-3-5-11(6-4-10)19-7-8-20-12(16)9-15/h3-6,18H,7-9H2,1-2H3. The van der Waals surface area contributed by atoms with Crippen LogP contribution in [0.2, 0.25) is 0 Å². The maximum atomic E-state index is 11.8. The van der Waals surface area contributed by atoms with Crippen LogP contribution in [0.3, 0.4) is 0 Å². The maximum Gasteiger partial charge on any atom is 0.316 e. The van der Waals surface area contributed by atoms with Crippen LogP contribution in [-0.4, -0.2) is 41.0 Å². The molecule has 0 spiro atoms. The zero-order valence-corrected chi connectivity index (χ0v) is 13.0. The second-order valence-electron chi connectivity index (χ2n) is 4.62. The van der Waals surface area contributed by atoms with Gasteiger partial charge in [0, 0.05) is 5.56 Å². The van der Waals surface area contributed by atoms with E-state index in [9.17, 15) is 14.7 Å². The average molecular weight is 345 g/mol. The maximum absolute atomic E-state index is 11.8. The Balaban J connectivity index is 2.47. The SMILES string of the molecule is CC(C)(O)C(=O)c1ccc(OCCOC(=O)CBr)cc1. The molecule has 0 saturated carbocycles. The van der Waals surface area contributed by atoms with E-state index in [0.29, 0.717) is 11.3 Å². The number of hydrogen-bond donors (Lipinski definition) is 1. The van der Waals surface area contributed by atoms with Gasteiger partial charge < -0.3 is 14.6 Å². The van der Waals surface area contributed by atoms with Crippen molar-refractivity contribution in [2.45, 2.75) is 19.4 Å². The summed E-state index contributed by atoms with van der Waals surface area (Å²) in [4.78, 5) is 22.6. The number of carbonyl (C=O) groups excluding carboxylic acids is 2. The van der Waals surface area contributed by atoms with E-state index >= 15 is 0 Å². The molecule has 0 saturated heterocycles. The number of esters is 1. The van der Waals surface area contributed by atoms with Crippen LogP contribution in [0.25, 0.3) is 0 Å². The number of benzene rings is 1. The van der Waals surface area contributed by atoms with Gasteiger partial charge in [-0.25, -0.2) is 0 Å². The van der Waals surface area contributed by atoms with Gasteiger partial charge in [0.15, 0.2) is 5.78 Å². The molecule has 0 aromatic heterocycles. The number of ether oxygens (including phenoxy) is 2. The summed E-state index contributed by atoms with van der Waals surface area (Å²) in [5.41, 5.74) is -0.984. The van der Waals surface area contributed by atoms with E-state index in [4.69, 9.17) is 9.47 Å². The highest BCUT2D eigenvalue weighted by Gasteiger charge is 2.24. The predicted octanol–water partition coefficient (Wildman–Crippen LogP) is 1.96. The van der Waals surface area contributed by atoms with Gasteiger partial charge in [-0.3, -0.25) is 9.59 Å². The molecule has 0 unspecified atom stereocenters. The first-order valence-corrected chi connectivity index (χ1v) is 7.18. The number of carbonyl (C=O) groups is 2. The first-order valence-electron chi connectivity index (χ1n) is 6.06. The first-order chi connectivity index (χ1) is 9.34. The van der Waals surface area contributed by atoms with Crippen LogP contribution in [0, 0.1) is 0 Å². The summed E-state index contributed by atoms with van der Waals surface area (Å²) in [5.74, 6) is -0.137. The monoisotopic (exact) mass is 344 g/mol. The zero-order valence-electron chi connectivity index (χ0n) is 11.4. The summed E-state index contributed by atoms with van der Waals surface area (Å²) in [6.07, 6.45) is 0. The Morgan fingerprint density at radius 1 is 1.20 bits per heavy atom. The number of Topliss-reactive ketones (excluding diaryl/α,β-unsaturated/α-hetero) is 1. The molecule has 1 N–H and O–H groups in total. The smallest absolute Gasteiger partial charge is 0.316 e. The fourth-order valence-corrected chi connectivity index (χ4v) is 1.57. The fraction of sp³-hybridized carbons (Fsp3) is 0.429. The van der Waals surface area contributed by atoms with Crippen molar-refractivity contribution < 1.29 is 24.2 Å². The molecule has 5 nitrogen and oxygen atoms in total. The third-order valence-corrected chi connectivity index (χ3v) is 2.85. The second-order valence-corrected chi connectivity index (χ2v) is 5.18. The van der Waals surface area contributed by atoms with Gasteiger partial charge in [-0.05, 0) is 38.1 Å². The topological polar surface area (TPSA) is 72.8 Å². The number of aliphatic hydroxyl groups is 1. The molecule has 110 valence electrons. The summed E-state index contributed by atoms with van der Waals surface area (Å²) in [6.45, 7) is 3.28. The molecule has 1 rings (SSSR count). The van der Waals surface area contributed by atoms with Gasteiger partial charge in [-0.1, -0.05) is 15.9 Å². The molecular formula is C14H17BrO5. The van der Waals surface area contributed by atoms with E-state index in [2.05, 4.69) is 15.9 Å². The highest BCUT2D eigenvalue weighted by Crippen LogP contribution is 2.17. The van der Waals surface area contributed by atoms with Crippen LogP contribution >= 0.6 is 15.9 Å². The Morgan fingerprint density at radius 3 is 2.30 bits per heavy atom. The van der Waals surface area contributed by atoms with E-state index < -0.39 is 5.60 Å². The predicted molar refractivity (Wildman–Crippen MR) is 77.3 cm³/mol. The molecule has 0 amide bonds. The Hall–Kier alpha value is -1.40. The quantitative estimate of drug-likeness (QED) is 0.354. The summed E-state index contributed by atoms with van der Waals surface area (Å²) in [7, 11) is 0. The zero-order chi connectivity index (χ0) is 15.2. The Kier molecular flexibility index (Phi) is 6.16. The van der Waals surface area contributed by atoms with Crippen LogP contribution in [0.5, 0.6) is 5.75 Å². The Bertz CT molecular complexity index is 461. The van der Waals surface area contributed by atoms with Crippen molar-refractivity contribution in [2.75, 3.05) is 18.5 Å². The summed E-state index contributed by atoms with van der Waals surface area (Å²) < 4.78 is 10.2. The summed E-state index contributed by atoms with van der Waals surface area (Å²) >= 11 is 2.98. The second kappa shape index (κ2) is 7.40. The van der Waals surface area contributed by atoms with Crippen molar-refractivity contribution in [1.29, 1.82) is 0 Å². The highest BCUT2D eigenvalue weighted by molar-refractivity contribution is 9.09. The lowest BCUT2D eigenvalue weighted by Crippen LogP contribution is -2.30. The van der Waals surface area contributed by atoms with E-state index in [1.807, 2.05) is 0 Å². The normalized spacial score (nSPS) is 11.0. The number of ketones is 1. The molecule has 0 aliphatic rings. The van der Waals surface area contributed by atoms with Crippen LogP contribution in [0.15, 0.2) is 24.3 Å². The average Bonchev–Trinajstić information content (AvgIpc) is 2.42. The van der Waals surface area contributed by atoms with E-state index in [1.54, 1.807) is 24.3 Å². The number of hydrogen-bond acceptors (Lipinski definition) is 5. The molecule has 0 atom stereocenters. The van der Waals surface area contributed by atoms with Crippen LogP contribution in [0.4, 0.5) is 0 Å². The fourth-order valence-electron chi connectivity index (χ4n) is 1.41. The molecule has 0 aliphatic heterocycles. The molecule has 1 aromatic rings. The lowest BCUT2D eigenvalue weighted by Gasteiger charge is -2.15. The van der Waals surface area contributed by atoms with E-state index in [-0.39, 0.29) is 30.3 Å². The molecule has 1 aromatic carbocycles. The molecular weight excluding hydrogens is 328 g/mol.